The summed E-state index contributed by atoms with van der Waals surface area (Å²) >= 11 is 0. The molecule has 0 aromatic carbocycles. The molecule has 0 fully saturated rings. The first kappa shape index (κ1) is 12.2. The van der Waals surface area contributed by atoms with Crippen molar-refractivity contribution in [3.8, 4) is 0 Å². The number of ether oxygens (including phenoxy) is 1. The van der Waals surface area contributed by atoms with Gasteiger partial charge in [-0.2, -0.15) is 13.2 Å². The Balaban J connectivity index is 3.84. The molecule has 3 nitrogen and oxygen atoms in total. The van der Waals surface area contributed by atoms with Gasteiger partial charge < -0.3 is 9.84 Å². The monoisotopic (exact) mass is 200 g/mol. The van der Waals surface area contributed by atoms with Gasteiger partial charge in [-0.25, -0.2) is 4.79 Å². The van der Waals surface area contributed by atoms with E-state index < -0.39 is 18.2 Å². The van der Waals surface area contributed by atoms with Crippen LogP contribution < -0.4 is 0 Å². The Bertz CT molecular complexity index is 167. The molecule has 0 amide bonds. The Labute approximate surface area is 73.5 Å². The van der Waals surface area contributed by atoms with E-state index in [4.69, 9.17) is 5.11 Å². The number of alkyl halides is 3. The number of carbonyl (C=O) groups excluding carboxylic acids is 1. The van der Waals surface area contributed by atoms with Crippen LogP contribution in [-0.2, 0) is 9.53 Å². The van der Waals surface area contributed by atoms with E-state index in [-0.39, 0.29) is 6.61 Å². The molecule has 0 saturated carbocycles. The van der Waals surface area contributed by atoms with E-state index in [1.165, 1.54) is 0 Å². The van der Waals surface area contributed by atoms with Crippen molar-refractivity contribution < 1.29 is 27.8 Å². The molecular weight excluding hydrogens is 189 g/mol. The number of hydrogen-bond donors (Lipinski definition) is 1. The van der Waals surface area contributed by atoms with E-state index in [1.807, 2.05) is 0 Å². The van der Waals surface area contributed by atoms with Crippen LogP contribution in [0.3, 0.4) is 0 Å². The number of carbonyl (C=O) groups is 1. The zero-order valence-electron chi connectivity index (χ0n) is 7.10. The summed E-state index contributed by atoms with van der Waals surface area (Å²) < 4.78 is 39.1. The molecular formula is C7H11F3O3. The van der Waals surface area contributed by atoms with E-state index in [0.29, 0.717) is 12.8 Å². The third-order valence-electron chi connectivity index (χ3n) is 1.28. The summed E-state index contributed by atoms with van der Waals surface area (Å²) in [5, 5.41) is 8.35. The summed E-state index contributed by atoms with van der Waals surface area (Å²) in [5.41, 5.74) is 0. The van der Waals surface area contributed by atoms with Crippen molar-refractivity contribution in [2.45, 2.75) is 32.0 Å². The first-order chi connectivity index (χ1) is 5.89. The molecule has 0 aliphatic rings. The van der Waals surface area contributed by atoms with Crippen LogP contribution >= 0.6 is 0 Å². The number of aliphatic hydroxyl groups is 1. The van der Waals surface area contributed by atoms with Crippen molar-refractivity contribution in [1.82, 2.24) is 0 Å². The summed E-state index contributed by atoms with van der Waals surface area (Å²) in [6.45, 7) is 1.70. The standard InChI is InChI=1S/C7H11F3O3/c1-2-3-4-13-6(12)5(11)7(8,9)10/h5,11H,2-4H2,1H3. The van der Waals surface area contributed by atoms with E-state index >= 15 is 0 Å². The summed E-state index contributed by atoms with van der Waals surface area (Å²) in [7, 11) is 0. The van der Waals surface area contributed by atoms with Gasteiger partial charge in [0.15, 0.2) is 0 Å². The summed E-state index contributed by atoms with van der Waals surface area (Å²) in [6.07, 6.45) is -6.78. The van der Waals surface area contributed by atoms with Crippen molar-refractivity contribution in [2.24, 2.45) is 0 Å². The summed E-state index contributed by atoms with van der Waals surface area (Å²) in [4.78, 5) is 10.5. The van der Waals surface area contributed by atoms with Gasteiger partial charge in [0.1, 0.15) is 0 Å². The average molecular weight is 200 g/mol. The van der Waals surface area contributed by atoms with Crippen LogP contribution in [0.15, 0.2) is 0 Å². The molecule has 1 unspecified atom stereocenters. The van der Waals surface area contributed by atoms with Crippen LogP contribution in [0.4, 0.5) is 13.2 Å². The smallest absolute Gasteiger partial charge is 0.425 e. The minimum Gasteiger partial charge on any atom is -0.464 e. The average Bonchev–Trinajstić information content (AvgIpc) is 2.01. The number of rotatable bonds is 4. The van der Waals surface area contributed by atoms with Crippen molar-refractivity contribution in [2.75, 3.05) is 6.61 Å². The number of halogens is 3. The third-order valence-corrected chi connectivity index (χ3v) is 1.28. The van der Waals surface area contributed by atoms with Crippen molar-refractivity contribution in [3.63, 3.8) is 0 Å². The minimum atomic E-state index is -4.94. The maximum Gasteiger partial charge on any atom is 0.425 e. The lowest BCUT2D eigenvalue weighted by atomic mass is 10.3. The highest BCUT2D eigenvalue weighted by atomic mass is 19.4. The minimum absolute atomic E-state index is 0.0948. The van der Waals surface area contributed by atoms with Crippen LogP contribution in [0.25, 0.3) is 0 Å². The maximum atomic E-state index is 11.7. The summed E-state index contributed by atoms with van der Waals surface area (Å²) in [5.74, 6) is -1.64. The quantitative estimate of drug-likeness (QED) is 0.548. The third kappa shape index (κ3) is 4.72. The van der Waals surface area contributed by atoms with Gasteiger partial charge in [-0.3, -0.25) is 0 Å². The van der Waals surface area contributed by atoms with E-state index in [2.05, 4.69) is 4.74 Å². The zero-order valence-corrected chi connectivity index (χ0v) is 7.10. The Hall–Kier alpha value is -0.780. The molecule has 1 atom stereocenters. The Morgan fingerprint density at radius 2 is 2.08 bits per heavy atom. The van der Waals surface area contributed by atoms with Gasteiger partial charge >= 0.3 is 12.1 Å². The first-order valence-electron chi connectivity index (χ1n) is 3.81. The largest absolute Gasteiger partial charge is 0.464 e. The van der Waals surface area contributed by atoms with Crippen molar-refractivity contribution in [1.29, 1.82) is 0 Å². The van der Waals surface area contributed by atoms with Gasteiger partial charge in [0.2, 0.25) is 6.10 Å². The molecule has 6 heteroatoms. The highest BCUT2D eigenvalue weighted by Crippen LogP contribution is 2.20. The topological polar surface area (TPSA) is 46.5 Å². The van der Waals surface area contributed by atoms with E-state index in [0.717, 1.165) is 0 Å². The van der Waals surface area contributed by atoms with Crippen LogP contribution in [0, 0.1) is 0 Å². The van der Waals surface area contributed by atoms with E-state index in [1.54, 1.807) is 6.92 Å². The SMILES string of the molecule is CCCCOC(=O)C(O)C(F)(F)F. The second kappa shape index (κ2) is 5.06. The van der Waals surface area contributed by atoms with Crippen molar-refractivity contribution in [3.05, 3.63) is 0 Å². The van der Waals surface area contributed by atoms with Crippen LogP contribution in [0.1, 0.15) is 19.8 Å². The number of unbranched alkanes of at least 4 members (excludes halogenated alkanes) is 1. The molecule has 0 aliphatic heterocycles. The van der Waals surface area contributed by atoms with Crippen LogP contribution in [0.5, 0.6) is 0 Å². The van der Waals surface area contributed by atoms with Gasteiger partial charge in [-0.15, -0.1) is 0 Å². The molecule has 1 N–H and O–H groups in total. The van der Waals surface area contributed by atoms with Gasteiger partial charge in [-0.05, 0) is 6.42 Å². The molecule has 0 saturated heterocycles. The van der Waals surface area contributed by atoms with Crippen LogP contribution in [0.2, 0.25) is 0 Å². The predicted octanol–water partition coefficient (Wildman–Crippen LogP) is 1.25. The lowest BCUT2D eigenvalue weighted by Crippen LogP contribution is -2.37. The second-order valence-corrected chi connectivity index (χ2v) is 2.47. The van der Waals surface area contributed by atoms with Crippen molar-refractivity contribution >= 4 is 5.97 Å². The van der Waals surface area contributed by atoms with Gasteiger partial charge in [-0.1, -0.05) is 13.3 Å². The number of hydrogen-bond acceptors (Lipinski definition) is 3. The van der Waals surface area contributed by atoms with Gasteiger partial charge in [0.25, 0.3) is 0 Å². The Morgan fingerprint density at radius 3 is 2.46 bits per heavy atom. The molecule has 0 rings (SSSR count). The molecule has 0 radical (unpaired) electrons. The fourth-order valence-corrected chi connectivity index (χ4v) is 0.530. The Morgan fingerprint density at radius 1 is 1.54 bits per heavy atom. The molecule has 13 heavy (non-hydrogen) atoms. The van der Waals surface area contributed by atoms with Gasteiger partial charge in [0.05, 0.1) is 6.61 Å². The first-order valence-corrected chi connectivity index (χ1v) is 3.81. The number of aliphatic hydroxyl groups excluding tert-OH is 1. The lowest BCUT2D eigenvalue weighted by Gasteiger charge is -2.12. The predicted molar refractivity (Wildman–Crippen MR) is 37.9 cm³/mol. The molecule has 0 bridgehead atoms. The second-order valence-electron chi connectivity index (χ2n) is 2.47. The zero-order chi connectivity index (χ0) is 10.5. The highest BCUT2D eigenvalue weighted by Gasteiger charge is 2.44. The van der Waals surface area contributed by atoms with Gasteiger partial charge in [0, 0.05) is 0 Å². The fraction of sp³-hybridized carbons (Fsp3) is 0.857. The molecule has 0 spiro atoms. The molecule has 0 heterocycles. The fourth-order valence-electron chi connectivity index (χ4n) is 0.530. The molecule has 0 aromatic rings. The van der Waals surface area contributed by atoms with E-state index in [9.17, 15) is 18.0 Å². The van der Waals surface area contributed by atoms with Crippen LogP contribution in [-0.4, -0.2) is 30.0 Å². The highest BCUT2D eigenvalue weighted by molar-refractivity contribution is 5.75. The number of esters is 1. The maximum absolute atomic E-state index is 11.7. The molecule has 78 valence electrons. The molecule has 0 aromatic heterocycles. The Kier molecular flexibility index (Phi) is 4.76. The normalized spacial score (nSPS) is 13.9. The summed E-state index contributed by atoms with van der Waals surface area (Å²) in [6, 6.07) is 0. The lowest BCUT2D eigenvalue weighted by molar-refractivity contribution is -0.218. The molecule has 0 aliphatic carbocycles.